The molecule has 2 bridgehead atoms. The molecule has 1 nitrogen and oxygen atoms in total. The van der Waals surface area contributed by atoms with Crippen LogP contribution in [-0.2, 0) is 0 Å². The summed E-state index contributed by atoms with van der Waals surface area (Å²) in [7, 11) is 0. The highest BCUT2D eigenvalue weighted by Gasteiger charge is 2.47. The third kappa shape index (κ3) is 1.41. The molecule has 1 N–H and O–H groups in total. The number of hydrogen-bond acceptors (Lipinski definition) is 1. The van der Waals surface area contributed by atoms with Gasteiger partial charge >= 0.3 is 0 Å². The molecule has 1 heteroatoms. The molecule has 3 atom stereocenters. The molecule has 0 saturated heterocycles. The Hall–Kier alpha value is -0.0400. The summed E-state index contributed by atoms with van der Waals surface area (Å²) in [6.07, 6.45) is 9.12. The second-order valence-electron chi connectivity index (χ2n) is 6.38. The van der Waals surface area contributed by atoms with Gasteiger partial charge in [-0.25, -0.2) is 0 Å². The smallest absolute Gasteiger partial charge is 0.0655 e. The summed E-state index contributed by atoms with van der Waals surface area (Å²) in [5.41, 5.74) is -0.242. The molecule has 14 heavy (non-hydrogen) atoms. The summed E-state index contributed by atoms with van der Waals surface area (Å²) in [6.45, 7) is 2.26. The highest BCUT2D eigenvalue weighted by molar-refractivity contribution is 4.98. The van der Waals surface area contributed by atoms with Gasteiger partial charge in [-0.1, -0.05) is 13.3 Å². The highest BCUT2D eigenvalue weighted by atomic mass is 16.3. The number of aliphatic hydroxyl groups is 1. The molecular weight excluding hydrogens is 172 g/mol. The van der Waals surface area contributed by atoms with Crippen molar-refractivity contribution < 1.29 is 5.11 Å². The van der Waals surface area contributed by atoms with E-state index >= 15 is 0 Å². The molecule has 0 aromatic heterocycles. The van der Waals surface area contributed by atoms with Gasteiger partial charge in [0, 0.05) is 0 Å². The predicted octanol–water partition coefficient (Wildman–Crippen LogP) is 2.97. The van der Waals surface area contributed by atoms with E-state index < -0.39 is 0 Å². The van der Waals surface area contributed by atoms with Crippen LogP contribution in [0.5, 0.6) is 0 Å². The minimum absolute atomic E-state index is 0.242. The van der Waals surface area contributed by atoms with Gasteiger partial charge in [-0.2, -0.15) is 0 Å². The van der Waals surface area contributed by atoms with Crippen LogP contribution in [0.25, 0.3) is 0 Å². The van der Waals surface area contributed by atoms with Gasteiger partial charge in [0.05, 0.1) is 5.60 Å². The molecule has 0 radical (unpaired) electrons. The maximum absolute atomic E-state index is 10.3. The monoisotopic (exact) mass is 194 g/mol. The zero-order chi connectivity index (χ0) is 9.76. The van der Waals surface area contributed by atoms with Crippen molar-refractivity contribution in [3.8, 4) is 0 Å². The van der Waals surface area contributed by atoms with Crippen LogP contribution in [0.3, 0.4) is 0 Å². The SMILES string of the molecule is CC1CC(O)(CC2CC3CCC2C3)C1. The Balaban J connectivity index is 1.58. The van der Waals surface area contributed by atoms with E-state index in [1.807, 2.05) is 0 Å². The first-order valence-corrected chi connectivity index (χ1v) is 6.37. The molecule has 0 spiro atoms. The van der Waals surface area contributed by atoms with Crippen molar-refractivity contribution in [1.82, 2.24) is 0 Å². The van der Waals surface area contributed by atoms with Gasteiger partial charge in [-0.3, -0.25) is 0 Å². The van der Waals surface area contributed by atoms with E-state index in [0.717, 1.165) is 42.9 Å². The predicted molar refractivity (Wildman–Crippen MR) is 56.9 cm³/mol. The second kappa shape index (κ2) is 2.98. The molecule has 0 amide bonds. The van der Waals surface area contributed by atoms with E-state index in [0.29, 0.717) is 0 Å². The Morgan fingerprint density at radius 3 is 2.50 bits per heavy atom. The van der Waals surface area contributed by atoms with Gasteiger partial charge in [0.25, 0.3) is 0 Å². The van der Waals surface area contributed by atoms with Crippen LogP contribution in [0.1, 0.15) is 51.9 Å². The standard InChI is InChI=1S/C13H22O/c1-9-6-13(14,7-9)8-12-5-10-2-3-11(12)4-10/h9-12,14H,2-8H2,1H3. The molecular formula is C13H22O. The number of rotatable bonds is 2. The topological polar surface area (TPSA) is 20.2 Å². The lowest BCUT2D eigenvalue weighted by molar-refractivity contribution is -0.0885. The van der Waals surface area contributed by atoms with Gasteiger partial charge in [-0.05, 0) is 62.2 Å². The van der Waals surface area contributed by atoms with Crippen LogP contribution in [0.15, 0.2) is 0 Å². The summed E-state index contributed by atoms with van der Waals surface area (Å²) in [5, 5.41) is 10.3. The van der Waals surface area contributed by atoms with Gasteiger partial charge in [0.1, 0.15) is 0 Å². The maximum atomic E-state index is 10.3. The first kappa shape index (κ1) is 9.21. The van der Waals surface area contributed by atoms with Crippen molar-refractivity contribution >= 4 is 0 Å². The second-order valence-corrected chi connectivity index (χ2v) is 6.38. The Morgan fingerprint density at radius 1 is 1.21 bits per heavy atom. The van der Waals surface area contributed by atoms with Crippen molar-refractivity contribution in [2.45, 2.75) is 57.5 Å². The highest BCUT2D eigenvalue weighted by Crippen LogP contribution is 2.53. The van der Waals surface area contributed by atoms with Crippen molar-refractivity contribution in [3.05, 3.63) is 0 Å². The Morgan fingerprint density at radius 2 is 2.00 bits per heavy atom. The Bertz CT molecular complexity index is 229. The fraction of sp³-hybridized carbons (Fsp3) is 1.00. The molecule has 0 heterocycles. The van der Waals surface area contributed by atoms with Crippen molar-refractivity contribution in [2.24, 2.45) is 23.7 Å². The lowest BCUT2D eigenvalue weighted by Crippen LogP contribution is -2.44. The molecule has 3 unspecified atom stereocenters. The van der Waals surface area contributed by atoms with E-state index in [1.165, 1.54) is 25.7 Å². The molecule has 3 fully saturated rings. The van der Waals surface area contributed by atoms with Crippen molar-refractivity contribution in [3.63, 3.8) is 0 Å². The molecule has 0 aromatic carbocycles. The molecule has 0 aliphatic heterocycles. The number of fused-ring (bicyclic) bond motifs is 2. The van der Waals surface area contributed by atoms with Gasteiger partial charge in [0.2, 0.25) is 0 Å². The van der Waals surface area contributed by atoms with E-state index in [2.05, 4.69) is 6.92 Å². The average Bonchev–Trinajstić information content (AvgIpc) is 2.61. The van der Waals surface area contributed by atoms with Crippen LogP contribution >= 0.6 is 0 Å². The zero-order valence-electron chi connectivity index (χ0n) is 9.21. The summed E-state index contributed by atoms with van der Waals surface area (Å²) in [5.74, 6) is 3.68. The third-order valence-corrected chi connectivity index (χ3v) is 4.98. The molecule has 0 aromatic rings. The molecule has 80 valence electrons. The summed E-state index contributed by atoms with van der Waals surface area (Å²) in [6, 6.07) is 0. The largest absolute Gasteiger partial charge is 0.390 e. The van der Waals surface area contributed by atoms with Crippen molar-refractivity contribution in [2.75, 3.05) is 0 Å². The quantitative estimate of drug-likeness (QED) is 0.716. The van der Waals surface area contributed by atoms with E-state index in [9.17, 15) is 5.11 Å². The van der Waals surface area contributed by atoms with Crippen LogP contribution in [0.2, 0.25) is 0 Å². The first-order valence-electron chi connectivity index (χ1n) is 6.37. The first-order chi connectivity index (χ1) is 6.65. The summed E-state index contributed by atoms with van der Waals surface area (Å²) < 4.78 is 0. The fourth-order valence-corrected chi connectivity index (χ4v) is 4.52. The van der Waals surface area contributed by atoms with Crippen LogP contribution in [0.4, 0.5) is 0 Å². The molecule has 3 aliphatic rings. The van der Waals surface area contributed by atoms with Gasteiger partial charge in [0.15, 0.2) is 0 Å². The molecule has 3 aliphatic carbocycles. The summed E-state index contributed by atoms with van der Waals surface area (Å²) >= 11 is 0. The van der Waals surface area contributed by atoms with Gasteiger partial charge < -0.3 is 5.11 Å². The fourth-order valence-electron chi connectivity index (χ4n) is 4.52. The van der Waals surface area contributed by atoms with Crippen LogP contribution in [-0.4, -0.2) is 10.7 Å². The molecule has 3 rings (SSSR count). The lowest BCUT2D eigenvalue weighted by Gasteiger charge is -2.44. The normalized spacial score (nSPS) is 56.1. The van der Waals surface area contributed by atoms with E-state index in [4.69, 9.17) is 0 Å². The van der Waals surface area contributed by atoms with Crippen molar-refractivity contribution in [1.29, 1.82) is 0 Å². The Kier molecular flexibility index (Phi) is 1.96. The summed E-state index contributed by atoms with van der Waals surface area (Å²) in [4.78, 5) is 0. The minimum atomic E-state index is -0.242. The Labute approximate surface area is 86.9 Å². The maximum Gasteiger partial charge on any atom is 0.0655 e. The van der Waals surface area contributed by atoms with Gasteiger partial charge in [-0.15, -0.1) is 0 Å². The van der Waals surface area contributed by atoms with Crippen LogP contribution in [0, 0.1) is 23.7 Å². The number of hydrogen-bond donors (Lipinski definition) is 1. The zero-order valence-corrected chi connectivity index (χ0v) is 9.21. The average molecular weight is 194 g/mol. The van der Waals surface area contributed by atoms with E-state index in [-0.39, 0.29) is 5.60 Å². The van der Waals surface area contributed by atoms with E-state index in [1.54, 1.807) is 0 Å². The third-order valence-electron chi connectivity index (χ3n) is 4.98. The lowest BCUT2D eigenvalue weighted by atomic mass is 9.66. The van der Waals surface area contributed by atoms with Crippen LogP contribution < -0.4 is 0 Å². The molecule has 3 saturated carbocycles. The minimum Gasteiger partial charge on any atom is -0.390 e.